The molecule has 0 amide bonds. The van der Waals surface area contributed by atoms with Crippen LogP contribution in [0, 0.1) is 11.2 Å². The van der Waals surface area contributed by atoms with Gasteiger partial charge in [0.05, 0.1) is 18.5 Å². The predicted octanol–water partition coefficient (Wildman–Crippen LogP) is 2.02. The van der Waals surface area contributed by atoms with Gasteiger partial charge in [-0.05, 0) is 36.0 Å². The number of hydrogen-bond donors (Lipinski definition) is 0. The topological polar surface area (TPSA) is 46.6 Å². The Hall–Kier alpha value is -0.980. The second-order valence-electron chi connectivity index (χ2n) is 6.72. The van der Waals surface area contributed by atoms with E-state index in [1.54, 1.807) is 12.1 Å². The van der Waals surface area contributed by atoms with Gasteiger partial charge in [-0.2, -0.15) is 0 Å². The van der Waals surface area contributed by atoms with Crippen LogP contribution in [-0.2, 0) is 14.6 Å². The molecule has 2 aliphatic rings. The molecule has 0 aromatic heterocycles. The lowest BCUT2D eigenvalue weighted by Gasteiger charge is -2.35. The average Bonchev–Trinajstić information content (AvgIpc) is 3.16. The van der Waals surface area contributed by atoms with Gasteiger partial charge >= 0.3 is 0 Å². The molecule has 3 rings (SSSR count). The number of ether oxygens (including phenoxy) is 1. The standard InChI is InChI=1S/C16H22FNO3S/c1-22(19,20)12-16(6-7-16)11-18-8-9-21-15(10-18)13-2-4-14(17)5-3-13/h2-5,15H,6-12H2,1H3. The van der Waals surface area contributed by atoms with E-state index in [0.29, 0.717) is 6.61 Å². The van der Waals surface area contributed by atoms with Crippen LogP contribution in [0.15, 0.2) is 24.3 Å². The van der Waals surface area contributed by atoms with E-state index >= 15 is 0 Å². The highest BCUT2D eigenvalue weighted by Crippen LogP contribution is 2.47. The molecule has 1 aliphatic carbocycles. The quantitative estimate of drug-likeness (QED) is 0.830. The zero-order chi connectivity index (χ0) is 15.8. The first-order valence-electron chi connectivity index (χ1n) is 7.62. The molecule has 1 aromatic rings. The van der Waals surface area contributed by atoms with Gasteiger partial charge in [-0.25, -0.2) is 12.8 Å². The molecule has 1 saturated carbocycles. The summed E-state index contributed by atoms with van der Waals surface area (Å²) >= 11 is 0. The molecule has 0 spiro atoms. The summed E-state index contributed by atoms with van der Waals surface area (Å²) in [7, 11) is -2.94. The van der Waals surface area contributed by atoms with Crippen molar-refractivity contribution in [1.82, 2.24) is 4.90 Å². The molecule has 22 heavy (non-hydrogen) atoms. The minimum Gasteiger partial charge on any atom is -0.371 e. The molecule has 0 bridgehead atoms. The summed E-state index contributed by atoms with van der Waals surface area (Å²) in [6.45, 7) is 2.98. The summed E-state index contributed by atoms with van der Waals surface area (Å²) in [5, 5.41) is 0. The zero-order valence-corrected chi connectivity index (χ0v) is 13.6. The Morgan fingerprint density at radius 2 is 2.00 bits per heavy atom. The van der Waals surface area contributed by atoms with E-state index in [1.807, 2.05) is 0 Å². The lowest BCUT2D eigenvalue weighted by molar-refractivity contribution is -0.0350. The van der Waals surface area contributed by atoms with Gasteiger partial charge in [0, 0.05) is 25.9 Å². The summed E-state index contributed by atoms with van der Waals surface area (Å²) < 4.78 is 41.9. The lowest BCUT2D eigenvalue weighted by Crippen LogP contribution is -2.42. The first-order valence-corrected chi connectivity index (χ1v) is 9.69. The van der Waals surface area contributed by atoms with Gasteiger partial charge in [-0.15, -0.1) is 0 Å². The normalized spacial score (nSPS) is 25.1. The SMILES string of the molecule is CS(=O)(=O)CC1(CN2CCOC(c3ccc(F)cc3)C2)CC1. The van der Waals surface area contributed by atoms with E-state index in [0.717, 1.165) is 38.0 Å². The number of morpholine rings is 1. The van der Waals surface area contributed by atoms with Crippen LogP contribution >= 0.6 is 0 Å². The van der Waals surface area contributed by atoms with Gasteiger partial charge in [0.2, 0.25) is 0 Å². The van der Waals surface area contributed by atoms with E-state index in [1.165, 1.54) is 18.4 Å². The Kier molecular flexibility index (Phi) is 4.27. The Morgan fingerprint density at radius 1 is 1.32 bits per heavy atom. The highest BCUT2D eigenvalue weighted by Gasteiger charge is 2.46. The first-order chi connectivity index (χ1) is 10.4. The van der Waals surface area contributed by atoms with Crippen molar-refractivity contribution in [2.45, 2.75) is 18.9 Å². The Bertz CT molecular complexity index is 625. The van der Waals surface area contributed by atoms with E-state index in [9.17, 15) is 12.8 Å². The maximum atomic E-state index is 13.0. The molecular formula is C16H22FNO3S. The molecule has 1 atom stereocenters. The van der Waals surface area contributed by atoms with Crippen molar-refractivity contribution < 1.29 is 17.5 Å². The number of benzene rings is 1. The molecule has 122 valence electrons. The van der Waals surface area contributed by atoms with Gasteiger partial charge in [-0.3, -0.25) is 4.90 Å². The van der Waals surface area contributed by atoms with E-state index in [2.05, 4.69) is 4.90 Å². The van der Waals surface area contributed by atoms with Crippen molar-refractivity contribution in [3.05, 3.63) is 35.6 Å². The monoisotopic (exact) mass is 327 g/mol. The molecule has 1 heterocycles. The van der Waals surface area contributed by atoms with Crippen molar-refractivity contribution in [3.63, 3.8) is 0 Å². The number of hydrogen-bond acceptors (Lipinski definition) is 4. The highest BCUT2D eigenvalue weighted by molar-refractivity contribution is 7.90. The summed E-state index contributed by atoms with van der Waals surface area (Å²) in [5.74, 6) is 0.0278. The molecule has 0 radical (unpaired) electrons. The lowest BCUT2D eigenvalue weighted by atomic mass is 10.1. The molecule has 1 saturated heterocycles. The predicted molar refractivity (Wildman–Crippen MR) is 82.9 cm³/mol. The van der Waals surface area contributed by atoms with Crippen LogP contribution in [-0.4, -0.2) is 51.6 Å². The molecule has 1 unspecified atom stereocenters. The minimum atomic E-state index is -2.94. The van der Waals surface area contributed by atoms with E-state index in [-0.39, 0.29) is 23.1 Å². The summed E-state index contributed by atoms with van der Waals surface area (Å²) in [6, 6.07) is 6.41. The second-order valence-corrected chi connectivity index (χ2v) is 8.86. The fraction of sp³-hybridized carbons (Fsp3) is 0.625. The van der Waals surface area contributed by atoms with Crippen LogP contribution in [0.1, 0.15) is 24.5 Å². The number of nitrogens with zero attached hydrogens (tertiary/aromatic N) is 1. The number of halogens is 1. The zero-order valence-electron chi connectivity index (χ0n) is 12.8. The largest absolute Gasteiger partial charge is 0.371 e. The fourth-order valence-electron chi connectivity index (χ4n) is 3.28. The van der Waals surface area contributed by atoms with Gasteiger partial charge in [0.25, 0.3) is 0 Å². The van der Waals surface area contributed by atoms with Crippen LogP contribution in [0.4, 0.5) is 4.39 Å². The Balaban J connectivity index is 1.63. The third-order valence-corrected chi connectivity index (χ3v) is 5.61. The maximum Gasteiger partial charge on any atom is 0.148 e. The van der Waals surface area contributed by atoms with Gasteiger partial charge < -0.3 is 4.74 Å². The van der Waals surface area contributed by atoms with Crippen LogP contribution in [0.5, 0.6) is 0 Å². The Labute approximate surface area is 131 Å². The molecular weight excluding hydrogens is 305 g/mol. The van der Waals surface area contributed by atoms with Gasteiger partial charge in [0.15, 0.2) is 0 Å². The molecule has 1 aromatic carbocycles. The average molecular weight is 327 g/mol. The fourth-order valence-corrected chi connectivity index (χ4v) is 4.77. The van der Waals surface area contributed by atoms with Crippen molar-refractivity contribution in [3.8, 4) is 0 Å². The summed E-state index contributed by atoms with van der Waals surface area (Å²) in [5.41, 5.74) is 0.914. The maximum absolute atomic E-state index is 13.0. The summed E-state index contributed by atoms with van der Waals surface area (Å²) in [4.78, 5) is 2.29. The second kappa shape index (κ2) is 5.91. The molecule has 2 fully saturated rings. The summed E-state index contributed by atoms with van der Waals surface area (Å²) in [6.07, 6.45) is 3.22. The van der Waals surface area contributed by atoms with Crippen LogP contribution in [0.25, 0.3) is 0 Å². The van der Waals surface area contributed by atoms with Crippen LogP contribution < -0.4 is 0 Å². The van der Waals surface area contributed by atoms with E-state index in [4.69, 9.17) is 4.74 Å². The number of rotatable bonds is 5. The Morgan fingerprint density at radius 3 is 2.59 bits per heavy atom. The molecule has 0 N–H and O–H groups in total. The molecule has 4 nitrogen and oxygen atoms in total. The van der Waals surface area contributed by atoms with Crippen LogP contribution in [0.2, 0.25) is 0 Å². The number of sulfone groups is 1. The van der Waals surface area contributed by atoms with Crippen molar-refractivity contribution in [2.24, 2.45) is 5.41 Å². The van der Waals surface area contributed by atoms with Crippen molar-refractivity contribution >= 4 is 9.84 Å². The minimum absolute atomic E-state index is 0.0573. The third-order valence-electron chi connectivity index (χ3n) is 4.48. The third kappa shape index (κ3) is 4.06. The van der Waals surface area contributed by atoms with Gasteiger partial charge in [0.1, 0.15) is 15.7 Å². The van der Waals surface area contributed by atoms with Crippen LogP contribution in [0.3, 0.4) is 0 Å². The highest BCUT2D eigenvalue weighted by atomic mass is 32.2. The van der Waals surface area contributed by atoms with Gasteiger partial charge in [-0.1, -0.05) is 12.1 Å². The first kappa shape index (κ1) is 15.9. The smallest absolute Gasteiger partial charge is 0.148 e. The van der Waals surface area contributed by atoms with Crippen molar-refractivity contribution in [2.75, 3.05) is 38.2 Å². The van der Waals surface area contributed by atoms with E-state index < -0.39 is 9.84 Å². The van der Waals surface area contributed by atoms with Crippen molar-refractivity contribution in [1.29, 1.82) is 0 Å². The molecule has 6 heteroatoms. The molecule has 1 aliphatic heterocycles.